The van der Waals surface area contributed by atoms with Crippen molar-refractivity contribution in [1.29, 1.82) is 0 Å². The van der Waals surface area contributed by atoms with Crippen molar-refractivity contribution < 1.29 is 19.0 Å². The summed E-state index contributed by atoms with van der Waals surface area (Å²) in [6.07, 6.45) is 6.58. The molecule has 1 saturated carbocycles. The minimum atomic E-state index is -0.575. The maximum absolute atomic E-state index is 12.3. The number of ether oxygens (including phenoxy) is 3. The van der Waals surface area contributed by atoms with Crippen molar-refractivity contribution >= 4 is 5.97 Å². The minimum Gasteiger partial charge on any atom is -0.497 e. The smallest absolute Gasteiger partial charge is 0.337 e. The summed E-state index contributed by atoms with van der Waals surface area (Å²) in [6.45, 7) is 2.51. The van der Waals surface area contributed by atoms with Crippen LogP contribution in [0.5, 0.6) is 5.75 Å². The van der Waals surface area contributed by atoms with E-state index >= 15 is 0 Å². The number of carbonyl (C=O) groups excluding carboxylic acids is 1. The Morgan fingerprint density at radius 2 is 2.30 bits per heavy atom. The van der Waals surface area contributed by atoms with Crippen LogP contribution in [-0.2, 0) is 20.9 Å². The third kappa shape index (κ3) is 2.17. The van der Waals surface area contributed by atoms with Crippen molar-refractivity contribution in [3.63, 3.8) is 0 Å². The second-order valence-electron chi connectivity index (χ2n) is 6.73. The average molecular weight is 315 g/mol. The lowest BCUT2D eigenvalue weighted by atomic mass is 9.73. The van der Waals surface area contributed by atoms with Crippen LogP contribution < -0.4 is 4.74 Å². The Morgan fingerprint density at radius 1 is 1.43 bits per heavy atom. The number of hydrogen-bond donors (Lipinski definition) is 0. The molecule has 3 aliphatic rings. The van der Waals surface area contributed by atoms with Crippen molar-refractivity contribution in [1.82, 2.24) is 4.98 Å². The van der Waals surface area contributed by atoms with Gasteiger partial charge in [-0.15, -0.1) is 0 Å². The van der Waals surface area contributed by atoms with Crippen LogP contribution >= 0.6 is 0 Å². The molecule has 0 amide bonds. The number of esters is 1. The number of hydrogen-bond acceptors (Lipinski definition) is 5. The highest BCUT2D eigenvalue weighted by Crippen LogP contribution is 2.55. The molecule has 2 heterocycles. The van der Waals surface area contributed by atoms with Crippen LogP contribution in [0.4, 0.5) is 0 Å². The van der Waals surface area contributed by atoms with Crippen LogP contribution in [0.1, 0.15) is 31.9 Å². The van der Waals surface area contributed by atoms with Gasteiger partial charge in [0, 0.05) is 12.3 Å². The second-order valence-corrected chi connectivity index (χ2v) is 6.73. The molecule has 2 aliphatic carbocycles. The molecule has 5 nitrogen and oxygen atoms in total. The van der Waals surface area contributed by atoms with E-state index < -0.39 is 5.60 Å². The number of pyridine rings is 1. The van der Waals surface area contributed by atoms with Crippen LogP contribution in [0.15, 0.2) is 30.0 Å². The molecular formula is C18H21NO4. The van der Waals surface area contributed by atoms with E-state index in [0.717, 1.165) is 36.3 Å². The Hall–Kier alpha value is -1.88. The molecule has 0 radical (unpaired) electrons. The first kappa shape index (κ1) is 14.7. The topological polar surface area (TPSA) is 57.6 Å². The van der Waals surface area contributed by atoms with Crippen LogP contribution in [-0.4, -0.2) is 29.8 Å². The van der Waals surface area contributed by atoms with Crippen LogP contribution in [0.25, 0.3) is 0 Å². The lowest BCUT2D eigenvalue weighted by molar-refractivity contribution is -0.142. The van der Waals surface area contributed by atoms with E-state index in [2.05, 4.69) is 11.9 Å². The molecule has 4 atom stereocenters. The third-order valence-corrected chi connectivity index (χ3v) is 5.34. The van der Waals surface area contributed by atoms with Gasteiger partial charge in [0.25, 0.3) is 0 Å². The van der Waals surface area contributed by atoms with E-state index in [1.165, 1.54) is 0 Å². The normalized spacial score (nSPS) is 34.8. The molecule has 1 aliphatic heterocycles. The van der Waals surface area contributed by atoms with E-state index in [-0.39, 0.29) is 12.1 Å². The zero-order chi connectivity index (χ0) is 16.0. The van der Waals surface area contributed by atoms with Gasteiger partial charge in [0.1, 0.15) is 17.5 Å². The molecule has 0 spiro atoms. The van der Waals surface area contributed by atoms with Gasteiger partial charge in [-0.2, -0.15) is 0 Å². The van der Waals surface area contributed by atoms with E-state index in [1.54, 1.807) is 19.4 Å². The first-order valence-electron chi connectivity index (χ1n) is 8.19. The molecule has 0 bridgehead atoms. The van der Waals surface area contributed by atoms with Gasteiger partial charge in [-0.05, 0) is 37.2 Å². The van der Waals surface area contributed by atoms with Gasteiger partial charge in [-0.25, -0.2) is 4.79 Å². The van der Waals surface area contributed by atoms with Gasteiger partial charge in [0.2, 0.25) is 0 Å². The molecule has 4 rings (SSSR count). The predicted molar refractivity (Wildman–Crippen MR) is 82.8 cm³/mol. The maximum Gasteiger partial charge on any atom is 0.337 e. The van der Waals surface area contributed by atoms with Gasteiger partial charge >= 0.3 is 5.97 Å². The minimum absolute atomic E-state index is 0.149. The first-order chi connectivity index (χ1) is 11.1. The van der Waals surface area contributed by atoms with Crippen LogP contribution in [0, 0.1) is 11.8 Å². The zero-order valence-electron chi connectivity index (χ0n) is 13.5. The third-order valence-electron chi connectivity index (χ3n) is 5.34. The van der Waals surface area contributed by atoms with Gasteiger partial charge in [-0.3, -0.25) is 4.98 Å². The summed E-state index contributed by atoms with van der Waals surface area (Å²) in [5.74, 6) is 1.29. The molecule has 0 aromatic carbocycles. The first-order valence-corrected chi connectivity index (χ1v) is 8.19. The summed E-state index contributed by atoms with van der Waals surface area (Å²) in [5, 5.41) is 0. The summed E-state index contributed by atoms with van der Waals surface area (Å²) in [4.78, 5) is 16.6. The largest absolute Gasteiger partial charge is 0.497 e. The van der Waals surface area contributed by atoms with E-state index in [0.29, 0.717) is 18.4 Å². The Balaban J connectivity index is 1.63. The summed E-state index contributed by atoms with van der Waals surface area (Å²) in [5.41, 5.74) is 0.955. The van der Waals surface area contributed by atoms with E-state index in [1.807, 2.05) is 12.1 Å². The summed E-state index contributed by atoms with van der Waals surface area (Å²) >= 11 is 0. The summed E-state index contributed by atoms with van der Waals surface area (Å²) in [7, 11) is 1.63. The van der Waals surface area contributed by atoms with Crippen molar-refractivity contribution in [3.05, 3.63) is 35.7 Å². The zero-order valence-corrected chi connectivity index (χ0v) is 13.5. The van der Waals surface area contributed by atoms with Crippen LogP contribution in [0.3, 0.4) is 0 Å². The Kier molecular flexibility index (Phi) is 3.41. The number of aromatic nitrogens is 1. The molecule has 1 aromatic heterocycles. The fourth-order valence-corrected chi connectivity index (χ4v) is 4.37. The lowest BCUT2D eigenvalue weighted by Gasteiger charge is -2.38. The Morgan fingerprint density at radius 3 is 3.13 bits per heavy atom. The highest BCUT2D eigenvalue weighted by Gasteiger charge is 2.63. The monoisotopic (exact) mass is 315 g/mol. The van der Waals surface area contributed by atoms with Gasteiger partial charge < -0.3 is 14.2 Å². The summed E-state index contributed by atoms with van der Waals surface area (Å²) < 4.78 is 17.2. The standard InChI is InChI=1S/C18H21NO4/c1-11-7-12-3-4-16-18(12,15(8-11)17(20)23-16)22-10-13-9-14(21-2)5-6-19-13/h5-6,8-9,11-12,16H,3-4,7,10H2,1-2H3/t11-,12?,16+,18-/m0/s1. The highest BCUT2D eigenvalue weighted by atomic mass is 16.6. The Labute approximate surface area is 135 Å². The van der Waals surface area contributed by atoms with Crippen molar-refractivity contribution in [2.75, 3.05) is 7.11 Å². The fraction of sp³-hybridized carbons (Fsp3) is 0.556. The van der Waals surface area contributed by atoms with E-state index in [4.69, 9.17) is 14.2 Å². The molecule has 5 heteroatoms. The van der Waals surface area contributed by atoms with Gasteiger partial charge in [-0.1, -0.05) is 13.0 Å². The predicted octanol–water partition coefficient (Wildman–Crippen LogP) is 2.65. The molecule has 1 aromatic rings. The molecule has 0 N–H and O–H groups in total. The quantitative estimate of drug-likeness (QED) is 0.800. The summed E-state index contributed by atoms with van der Waals surface area (Å²) in [6, 6.07) is 3.67. The number of carbonyl (C=O) groups is 1. The average Bonchev–Trinajstić information content (AvgIpc) is 3.04. The van der Waals surface area contributed by atoms with E-state index in [9.17, 15) is 4.79 Å². The van der Waals surface area contributed by atoms with Gasteiger partial charge in [0.05, 0.1) is 25.0 Å². The molecule has 1 unspecified atom stereocenters. The number of allylic oxidation sites excluding steroid dienone is 1. The molecule has 122 valence electrons. The van der Waals surface area contributed by atoms with Crippen LogP contribution in [0.2, 0.25) is 0 Å². The number of rotatable bonds is 4. The lowest BCUT2D eigenvalue weighted by Crippen LogP contribution is -2.46. The number of nitrogens with zero attached hydrogens (tertiary/aromatic N) is 1. The second kappa shape index (κ2) is 5.34. The van der Waals surface area contributed by atoms with Crippen molar-refractivity contribution in [2.24, 2.45) is 11.8 Å². The van der Waals surface area contributed by atoms with Crippen molar-refractivity contribution in [3.8, 4) is 5.75 Å². The molecule has 1 saturated heterocycles. The molecule has 23 heavy (non-hydrogen) atoms. The number of methoxy groups -OCH3 is 1. The van der Waals surface area contributed by atoms with Crippen molar-refractivity contribution in [2.45, 2.75) is 44.5 Å². The molecule has 2 fully saturated rings. The fourth-order valence-electron chi connectivity index (χ4n) is 4.37. The Bertz CT molecular complexity index is 671. The SMILES string of the molecule is COc1ccnc(CO[C@]23C4=C[C@@H](C)CC2CC[C@H]3OC4=O)c1. The highest BCUT2D eigenvalue weighted by molar-refractivity contribution is 5.94. The maximum atomic E-state index is 12.3. The van der Waals surface area contributed by atoms with Gasteiger partial charge in [0.15, 0.2) is 0 Å². The molecular weight excluding hydrogens is 294 g/mol.